The van der Waals surface area contributed by atoms with Crippen molar-refractivity contribution in [3.05, 3.63) is 35.7 Å². The van der Waals surface area contributed by atoms with Crippen LogP contribution in [0.3, 0.4) is 0 Å². The topological polar surface area (TPSA) is 120 Å². The van der Waals surface area contributed by atoms with Gasteiger partial charge in [0.05, 0.1) is 10.9 Å². The largest absolute Gasteiger partial charge is 0.370 e. The third-order valence-corrected chi connectivity index (χ3v) is 4.87. The van der Waals surface area contributed by atoms with Crippen molar-refractivity contribution in [3.8, 4) is 0 Å². The number of thioether (sulfide) groups is 1. The Morgan fingerprint density at radius 1 is 1.27 bits per heavy atom. The Morgan fingerprint density at radius 3 is 2.62 bits per heavy atom. The highest BCUT2D eigenvalue weighted by Crippen LogP contribution is 2.24. The molecule has 0 saturated heterocycles. The molecule has 0 aliphatic carbocycles. The maximum Gasteiger partial charge on any atom is 0.237 e. The molecule has 26 heavy (non-hydrogen) atoms. The second-order valence-corrected chi connectivity index (χ2v) is 7.08. The van der Waals surface area contributed by atoms with Gasteiger partial charge in [-0.05, 0) is 26.0 Å². The zero-order valence-electron chi connectivity index (χ0n) is 14.9. The van der Waals surface area contributed by atoms with Gasteiger partial charge in [0.1, 0.15) is 5.82 Å². The average Bonchev–Trinajstić information content (AvgIpc) is 2.93. The van der Waals surface area contributed by atoms with Crippen LogP contribution in [0.4, 0.5) is 5.69 Å². The first-order chi connectivity index (χ1) is 12.3. The lowest BCUT2D eigenvalue weighted by atomic mass is 10.1. The number of carbonyl (C=O) groups is 3. The summed E-state index contributed by atoms with van der Waals surface area (Å²) in [5.74, 6) is -0.140. The Hall–Kier alpha value is -2.68. The number of Topliss-reactive ketones (excluding diaryl/α,β-unsaturated/α-hetero) is 1. The number of hydrogen-bond acceptors (Lipinski definition) is 6. The molecule has 2 amide bonds. The number of nitrogens with zero attached hydrogens (tertiary/aromatic N) is 3. The van der Waals surface area contributed by atoms with E-state index in [0.717, 1.165) is 0 Å². The standard InChI is InChI=1S/C17H21N5O3S/c1-10(23)12-6-4-5-7-13(12)19-16(25)11(2)26-17-21-20-15(22(17)3)9-8-14(18)24/h4-7,11H,8-9H2,1-3H3,(H2,18,24)(H,19,25)/t11-/m0/s1. The van der Waals surface area contributed by atoms with Crippen molar-refractivity contribution < 1.29 is 14.4 Å². The molecular weight excluding hydrogens is 354 g/mol. The predicted octanol–water partition coefficient (Wildman–Crippen LogP) is 1.55. The van der Waals surface area contributed by atoms with Gasteiger partial charge in [-0.15, -0.1) is 10.2 Å². The van der Waals surface area contributed by atoms with Crippen LogP contribution in [0.1, 0.15) is 36.5 Å². The van der Waals surface area contributed by atoms with Gasteiger partial charge >= 0.3 is 0 Å². The molecule has 0 bridgehead atoms. The molecule has 0 radical (unpaired) electrons. The van der Waals surface area contributed by atoms with Crippen molar-refractivity contribution in [1.29, 1.82) is 0 Å². The minimum Gasteiger partial charge on any atom is -0.370 e. The Morgan fingerprint density at radius 2 is 1.96 bits per heavy atom. The van der Waals surface area contributed by atoms with E-state index in [2.05, 4.69) is 15.5 Å². The lowest BCUT2D eigenvalue weighted by Gasteiger charge is -2.13. The zero-order valence-corrected chi connectivity index (χ0v) is 15.7. The average molecular weight is 375 g/mol. The summed E-state index contributed by atoms with van der Waals surface area (Å²) >= 11 is 1.24. The molecule has 3 N–H and O–H groups in total. The number of nitrogens with one attached hydrogen (secondary N) is 1. The summed E-state index contributed by atoms with van der Waals surface area (Å²) in [4.78, 5) is 35.0. The summed E-state index contributed by atoms with van der Waals surface area (Å²) in [6.45, 7) is 3.20. The van der Waals surface area contributed by atoms with Crippen LogP contribution in [-0.4, -0.2) is 37.6 Å². The second kappa shape index (κ2) is 8.61. The molecule has 1 heterocycles. The molecule has 0 unspecified atom stereocenters. The van der Waals surface area contributed by atoms with Gasteiger partial charge in [-0.2, -0.15) is 0 Å². The molecule has 138 valence electrons. The molecule has 0 aliphatic rings. The molecular formula is C17H21N5O3S. The maximum atomic E-state index is 12.5. The molecule has 1 atom stereocenters. The number of anilines is 1. The fraction of sp³-hybridized carbons (Fsp3) is 0.353. The van der Waals surface area contributed by atoms with Crippen LogP contribution < -0.4 is 11.1 Å². The van der Waals surface area contributed by atoms with Gasteiger partial charge in [-0.1, -0.05) is 23.9 Å². The van der Waals surface area contributed by atoms with Gasteiger partial charge in [0, 0.05) is 25.5 Å². The molecule has 2 rings (SSSR count). The molecule has 2 aromatic rings. The number of hydrogen-bond donors (Lipinski definition) is 2. The number of aromatic nitrogens is 3. The van der Waals surface area contributed by atoms with Crippen molar-refractivity contribution in [2.24, 2.45) is 12.8 Å². The fourth-order valence-electron chi connectivity index (χ4n) is 2.25. The lowest BCUT2D eigenvalue weighted by Crippen LogP contribution is -2.24. The van der Waals surface area contributed by atoms with Gasteiger partial charge in [0.15, 0.2) is 10.9 Å². The van der Waals surface area contributed by atoms with Gasteiger partial charge in [0.2, 0.25) is 11.8 Å². The van der Waals surface area contributed by atoms with Crippen LogP contribution in [0.25, 0.3) is 0 Å². The number of primary amides is 1. The lowest BCUT2D eigenvalue weighted by molar-refractivity contribution is -0.118. The molecule has 0 saturated carbocycles. The van der Waals surface area contributed by atoms with Gasteiger partial charge in [-0.25, -0.2) is 0 Å². The molecule has 0 spiro atoms. The van der Waals surface area contributed by atoms with E-state index < -0.39 is 11.2 Å². The van der Waals surface area contributed by atoms with E-state index in [9.17, 15) is 14.4 Å². The Labute approximate surface area is 155 Å². The van der Waals surface area contributed by atoms with E-state index in [1.54, 1.807) is 42.8 Å². The van der Waals surface area contributed by atoms with Crippen molar-refractivity contribution in [2.75, 3.05) is 5.32 Å². The highest BCUT2D eigenvalue weighted by atomic mass is 32.2. The quantitative estimate of drug-likeness (QED) is 0.534. The molecule has 0 aliphatic heterocycles. The normalized spacial score (nSPS) is 11.8. The molecule has 1 aromatic carbocycles. The van der Waals surface area contributed by atoms with E-state index in [1.165, 1.54) is 18.7 Å². The monoisotopic (exact) mass is 375 g/mol. The Bertz CT molecular complexity index is 834. The summed E-state index contributed by atoms with van der Waals surface area (Å²) in [5, 5.41) is 11.0. The highest BCUT2D eigenvalue weighted by Gasteiger charge is 2.20. The summed E-state index contributed by atoms with van der Waals surface area (Å²) in [6, 6.07) is 6.87. The number of aryl methyl sites for hydroxylation is 1. The first-order valence-corrected chi connectivity index (χ1v) is 8.91. The van der Waals surface area contributed by atoms with Crippen LogP contribution >= 0.6 is 11.8 Å². The van der Waals surface area contributed by atoms with E-state index in [1.807, 2.05) is 0 Å². The number of amides is 2. The number of para-hydroxylation sites is 1. The number of rotatable bonds is 8. The summed E-state index contributed by atoms with van der Waals surface area (Å²) in [5.41, 5.74) is 6.09. The Balaban J connectivity index is 2.04. The second-order valence-electron chi connectivity index (χ2n) is 5.78. The molecule has 9 heteroatoms. The van der Waals surface area contributed by atoms with Crippen molar-refractivity contribution in [3.63, 3.8) is 0 Å². The zero-order chi connectivity index (χ0) is 19.3. The summed E-state index contributed by atoms with van der Waals surface area (Å²) in [6.07, 6.45) is 0.584. The minimum atomic E-state index is -0.457. The van der Waals surface area contributed by atoms with Crippen LogP contribution in [0.15, 0.2) is 29.4 Å². The third kappa shape index (κ3) is 4.92. The SMILES string of the molecule is CC(=O)c1ccccc1NC(=O)[C@H](C)Sc1nnc(CCC(N)=O)n1C. The van der Waals surface area contributed by atoms with Crippen LogP contribution in [0.5, 0.6) is 0 Å². The fourth-order valence-corrected chi connectivity index (χ4v) is 3.08. The van der Waals surface area contributed by atoms with Crippen LogP contribution in [0, 0.1) is 0 Å². The van der Waals surface area contributed by atoms with E-state index >= 15 is 0 Å². The highest BCUT2D eigenvalue weighted by molar-refractivity contribution is 8.00. The maximum absolute atomic E-state index is 12.5. The minimum absolute atomic E-state index is 0.117. The van der Waals surface area contributed by atoms with E-state index in [0.29, 0.717) is 28.7 Å². The van der Waals surface area contributed by atoms with Crippen molar-refractivity contribution in [1.82, 2.24) is 14.8 Å². The van der Waals surface area contributed by atoms with Crippen molar-refractivity contribution >= 4 is 35.0 Å². The Kier molecular flexibility index (Phi) is 6.51. The van der Waals surface area contributed by atoms with Crippen molar-refractivity contribution in [2.45, 2.75) is 37.1 Å². The van der Waals surface area contributed by atoms with Gasteiger partial charge in [0.25, 0.3) is 0 Å². The predicted molar refractivity (Wildman–Crippen MR) is 98.9 cm³/mol. The smallest absolute Gasteiger partial charge is 0.237 e. The van der Waals surface area contributed by atoms with E-state index in [4.69, 9.17) is 5.73 Å². The first kappa shape index (κ1) is 19.6. The molecule has 1 aromatic heterocycles. The third-order valence-electron chi connectivity index (χ3n) is 3.74. The number of ketones is 1. The van der Waals surface area contributed by atoms with E-state index in [-0.39, 0.29) is 18.1 Å². The molecule has 0 fully saturated rings. The van der Waals surface area contributed by atoms with Gasteiger partial charge < -0.3 is 15.6 Å². The number of nitrogens with two attached hydrogens (primary N) is 1. The van der Waals surface area contributed by atoms with Gasteiger partial charge in [-0.3, -0.25) is 14.4 Å². The number of carbonyl (C=O) groups excluding carboxylic acids is 3. The summed E-state index contributed by atoms with van der Waals surface area (Å²) < 4.78 is 1.74. The van der Waals surface area contributed by atoms with Crippen LogP contribution in [0.2, 0.25) is 0 Å². The summed E-state index contributed by atoms with van der Waals surface area (Å²) in [7, 11) is 1.77. The first-order valence-electron chi connectivity index (χ1n) is 8.03. The number of benzene rings is 1. The van der Waals surface area contributed by atoms with Crippen LogP contribution in [-0.2, 0) is 23.1 Å². The molecule has 8 nitrogen and oxygen atoms in total.